The molecule has 1 aliphatic rings. The molecule has 3 N–H and O–H groups in total. The second-order valence-electron chi connectivity index (χ2n) is 7.15. The molecule has 0 aliphatic carbocycles. The Hall–Kier alpha value is -3.40. The first-order valence-electron chi connectivity index (χ1n) is 9.85. The van der Waals surface area contributed by atoms with E-state index in [4.69, 9.17) is 0 Å². The van der Waals surface area contributed by atoms with Crippen molar-refractivity contribution in [2.24, 2.45) is 0 Å². The molecule has 9 nitrogen and oxygen atoms in total. The number of para-hydroxylation sites is 1. The molecule has 0 saturated carbocycles. The van der Waals surface area contributed by atoms with Crippen molar-refractivity contribution >= 4 is 40.8 Å². The Morgan fingerprint density at radius 2 is 2.00 bits per heavy atom. The lowest BCUT2D eigenvalue weighted by Crippen LogP contribution is -2.45. The number of pyridine rings is 1. The molecule has 0 saturated heterocycles. The maximum Gasteiger partial charge on any atom is 0.254 e. The standard InChI is InChI=1S/C21H22N6O3S/c1-31-11-9-15(19-26-25-17-8-4-5-10-27(17)19)22-18(28)12-16-21(30)23-14-7-3-2-6-13(14)20(29)24-16/h2-8,10,15-16H,9,11-12H2,1H3,(H,22,28)(H,23,30)(H,24,29)/t15-,16+/m1/s1. The number of fused-ring (bicyclic) bond motifs is 2. The summed E-state index contributed by atoms with van der Waals surface area (Å²) in [4.78, 5) is 37.9. The summed E-state index contributed by atoms with van der Waals surface area (Å²) in [5.41, 5.74) is 1.49. The molecule has 0 spiro atoms. The van der Waals surface area contributed by atoms with Crippen molar-refractivity contribution in [3.8, 4) is 0 Å². The maximum absolute atomic E-state index is 12.8. The number of amides is 3. The highest BCUT2D eigenvalue weighted by Crippen LogP contribution is 2.21. The fourth-order valence-electron chi connectivity index (χ4n) is 3.49. The molecule has 160 valence electrons. The molecule has 3 aromatic rings. The first kappa shape index (κ1) is 20.9. The Morgan fingerprint density at radius 3 is 2.84 bits per heavy atom. The Kier molecular flexibility index (Phi) is 6.17. The molecule has 10 heteroatoms. The minimum Gasteiger partial charge on any atom is -0.346 e. The van der Waals surface area contributed by atoms with Crippen LogP contribution in [0.2, 0.25) is 0 Å². The molecule has 0 bridgehead atoms. The quantitative estimate of drug-likeness (QED) is 0.518. The van der Waals surface area contributed by atoms with Gasteiger partial charge in [-0.15, -0.1) is 10.2 Å². The highest BCUT2D eigenvalue weighted by atomic mass is 32.2. The van der Waals surface area contributed by atoms with Crippen molar-refractivity contribution in [2.45, 2.75) is 24.9 Å². The zero-order valence-corrected chi connectivity index (χ0v) is 17.7. The number of hydrogen-bond acceptors (Lipinski definition) is 6. The van der Waals surface area contributed by atoms with Crippen LogP contribution in [-0.2, 0) is 9.59 Å². The normalized spacial score (nSPS) is 16.7. The van der Waals surface area contributed by atoms with Crippen LogP contribution in [0.3, 0.4) is 0 Å². The number of benzene rings is 1. The van der Waals surface area contributed by atoms with E-state index in [2.05, 4.69) is 26.1 Å². The van der Waals surface area contributed by atoms with Crippen molar-refractivity contribution in [3.05, 3.63) is 60.0 Å². The van der Waals surface area contributed by atoms with Crippen LogP contribution in [0.15, 0.2) is 48.7 Å². The molecule has 0 unspecified atom stereocenters. The number of thioether (sulfide) groups is 1. The number of carbonyl (C=O) groups is 3. The molecule has 4 rings (SSSR count). The van der Waals surface area contributed by atoms with Gasteiger partial charge in [0.15, 0.2) is 11.5 Å². The van der Waals surface area contributed by atoms with E-state index < -0.39 is 17.9 Å². The highest BCUT2D eigenvalue weighted by Gasteiger charge is 2.30. The smallest absolute Gasteiger partial charge is 0.254 e. The number of carbonyl (C=O) groups excluding carboxylic acids is 3. The van der Waals surface area contributed by atoms with Gasteiger partial charge in [-0.2, -0.15) is 11.8 Å². The fraction of sp³-hybridized carbons (Fsp3) is 0.286. The average molecular weight is 439 g/mol. The Labute approximate surface area is 183 Å². The van der Waals surface area contributed by atoms with Gasteiger partial charge in [0.05, 0.1) is 23.7 Å². The van der Waals surface area contributed by atoms with Crippen molar-refractivity contribution in [1.82, 2.24) is 25.2 Å². The number of nitrogens with zero attached hydrogens (tertiary/aromatic N) is 3. The Bertz CT molecular complexity index is 1130. The highest BCUT2D eigenvalue weighted by molar-refractivity contribution is 7.98. The molecule has 2 aromatic heterocycles. The van der Waals surface area contributed by atoms with Gasteiger partial charge in [-0.3, -0.25) is 18.8 Å². The molecule has 0 radical (unpaired) electrons. The van der Waals surface area contributed by atoms with Gasteiger partial charge in [0.25, 0.3) is 5.91 Å². The van der Waals surface area contributed by atoms with Crippen LogP contribution in [0.5, 0.6) is 0 Å². The van der Waals surface area contributed by atoms with Gasteiger partial charge < -0.3 is 16.0 Å². The first-order chi connectivity index (χ1) is 15.1. The molecule has 3 amide bonds. The summed E-state index contributed by atoms with van der Waals surface area (Å²) >= 11 is 1.66. The lowest BCUT2D eigenvalue weighted by molar-refractivity contribution is -0.126. The van der Waals surface area contributed by atoms with E-state index in [1.807, 2.05) is 35.1 Å². The predicted molar refractivity (Wildman–Crippen MR) is 118 cm³/mol. The van der Waals surface area contributed by atoms with Crippen LogP contribution in [0, 0.1) is 0 Å². The van der Waals surface area contributed by atoms with Crippen LogP contribution >= 0.6 is 11.8 Å². The second-order valence-corrected chi connectivity index (χ2v) is 8.14. The van der Waals surface area contributed by atoms with Gasteiger partial charge in [-0.1, -0.05) is 18.2 Å². The van der Waals surface area contributed by atoms with Gasteiger partial charge in [-0.05, 0) is 42.7 Å². The summed E-state index contributed by atoms with van der Waals surface area (Å²) in [6.07, 6.45) is 4.30. The molecular formula is C21H22N6O3S. The van der Waals surface area contributed by atoms with E-state index in [9.17, 15) is 14.4 Å². The third-order valence-electron chi connectivity index (χ3n) is 5.04. The van der Waals surface area contributed by atoms with Gasteiger partial charge in [-0.25, -0.2) is 0 Å². The Morgan fingerprint density at radius 1 is 1.19 bits per heavy atom. The Balaban J connectivity index is 1.49. The van der Waals surface area contributed by atoms with Crippen molar-refractivity contribution in [2.75, 3.05) is 17.3 Å². The predicted octanol–water partition coefficient (Wildman–Crippen LogP) is 1.78. The van der Waals surface area contributed by atoms with Crippen LogP contribution < -0.4 is 16.0 Å². The molecule has 3 heterocycles. The van der Waals surface area contributed by atoms with Gasteiger partial charge in [0, 0.05) is 6.20 Å². The minimum absolute atomic E-state index is 0.182. The third-order valence-corrected chi connectivity index (χ3v) is 5.68. The molecule has 1 aliphatic heterocycles. The van der Waals surface area contributed by atoms with Crippen molar-refractivity contribution in [1.29, 1.82) is 0 Å². The first-order valence-corrected chi connectivity index (χ1v) is 11.2. The lowest BCUT2D eigenvalue weighted by Gasteiger charge is -2.19. The number of hydrogen-bond donors (Lipinski definition) is 3. The fourth-order valence-corrected chi connectivity index (χ4v) is 3.96. The zero-order chi connectivity index (χ0) is 21.8. The lowest BCUT2D eigenvalue weighted by atomic mass is 10.1. The van der Waals surface area contributed by atoms with Crippen LogP contribution in [0.4, 0.5) is 5.69 Å². The number of anilines is 1. The van der Waals surface area contributed by atoms with Gasteiger partial charge >= 0.3 is 0 Å². The van der Waals surface area contributed by atoms with Crippen molar-refractivity contribution < 1.29 is 14.4 Å². The summed E-state index contributed by atoms with van der Waals surface area (Å²) in [7, 11) is 0. The van der Waals surface area contributed by atoms with E-state index in [-0.39, 0.29) is 18.4 Å². The summed E-state index contributed by atoms with van der Waals surface area (Å²) in [5, 5.41) is 16.7. The molecule has 1 aromatic carbocycles. The minimum atomic E-state index is -0.976. The molecule has 0 fully saturated rings. The summed E-state index contributed by atoms with van der Waals surface area (Å²) in [6, 6.07) is 11.0. The number of nitrogens with one attached hydrogen (secondary N) is 3. The van der Waals surface area contributed by atoms with Gasteiger partial charge in [0.2, 0.25) is 11.8 Å². The molecule has 31 heavy (non-hydrogen) atoms. The van der Waals surface area contributed by atoms with E-state index in [1.165, 1.54) is 0 Å². The number of rotatable bonds is 7. The summed E-state index contributed by atoms with van der Waals surface area (Å²) < 4.78 is 1.84. The average Bonchev–Trinajstić information content (AvgIpc) is 3.15. The SMILES string of the molecule is CSCC[C@@H](NC(=O)C[C@@H]1NC(=O)c2ccccc2NC1=O)c1nnc2ccccn12. The monoisotopic (exact) mass is 438 g/mol. The van der Waals surface area contributed by atoms with E-state index in [0.717, 1.165) is 5.75 Å². The third kappa shape index (κ3) is 4.53. The summed E-state index contributed by atoms with van der Waals surface area (Å²) in [6.45, 7) is 0. The van der Waals surface area contributed by atoms with Crippen LogP contribution in [-0.4, -0.2) is 50.4 Å². The summed E-state index contributed by atoms with van der Waals surface area (Å²) in [5.74, 6) is 0.254. The van der Waals surface area contributed by atoms with E-state index >= 15 is 0 Å². The molecule has 2 atom stereocenters. The van der Waals surface area contributed by atoms with Crippen LogP contribution in [0.25, 0.3) is 5.65 Å². The largest absolute Gasteiger partial charge is 0.346 e. The van der Waals surface area contributed by atoms with Crippen molar-refractivity contribution in [3.63, 3.8) is 0 Å². The maximum atomic E-state index is 12.8. The molecular weight excluding hydrogens is 416 g/mol. The topological polar surface area (TPSA) is 117 Å². The van der Waals surface area contributed by atoms with Crippen LogP contribution in [0.1, 0.15) is 35.1 Å². The van der Waals surface area contributed by atoms with E-state index in [0.29, 0.717) is 29.1 Å². The zero-order valence-electron chi connectivity index (χ0n) is 16.9. The van der Waals surface area contributed by atoms with Gasteiger partial charge in [0.1, 0.15) is 6.04 Å². The van der Waals surface area contributed by atoms with E-state index in [1.54, 1.807) is 36.0 Å². The second kappa shape index (κ2) is 9.17. The number of aromatic nitrogens is 3.